The average molecular weight is 504 g/mol. The number of thiocarbonyl (C=S) groups is 1. The molecule has 0 saturated carbocycles. The maximum absolute atomic E-state index is 5.93. The van der Waals surface area contributed by atoms with Gasteiger partial charge in [-0.15, -0.1) is 0 Å². The number of nitrogens with one attached hydrogen (secondary N) is 2. The molecule has 0 spiro atoms. The van der Waals surface area contributed by atoms with Gasteiger partial charge in [-0.1, -0.05) is 18.2 Å². The number of nitrogens with zero attached hydrogens (tertiary/aromatic N) is 1. The number of hydrogen-bond acceptors (Lipinski definition) is 4. The third-order valence-corrected chi connectivity index (χ3v) is 6.73. The van der Waals surface area contributed by atoms with Gasteiger partial charge in [-0.25, -0.2) is 0 Å². The molecular weight excluding hydrogens is 470 g/mol. The summed E-state index contributed by atoms with van der Waals surface area (Å²) in [6.07, 6.45) is 2.88. The van der Waals surface area contributed by atoms with E-state index in [9.17, 15) is 0 Å². The monoisotopic (exact) mass is 503 g/mol. The van der Waals surface area contributed by atoms with Crippen LogP contribution in [0.4, 0.5) is 5.69 Å². The predicted molar refractivity (Wildman–Crippen MR) is 151 cm³/mol. The Labute approximate surface area is 218 Å². The van der Waals surface area contributed by atoms with Gasteiger partial charge in [0, 0.05) is 35.9 Å². The maximum atomic E-state index is 5.93. The summed E-state index contributed by atoms with van der Waals surface area (Å²) in [5.74, 6) is 2.25. The Morgan fingerprint density at radius 2 is 1.72 bits per heavy atom. The van der Waals surface area contributed by atoms with Crippen LogP contribution in [0.15, 0.2) is 60.8 Å². The molecular formula is C29H33N3O3S. The van der Waals surface area contributed by atoms with E-state index in [0.29, 0.717) is 23.2 Å². The number of aryl methyl sites for hydroxylation is 2. The minimum atomic E-state index is 0.628. The van der Waals surface area contributed by atoms with Crippen molar-refractivity contribution < 1.29 is 14.2 Å². The Balaban J connectivity index is 1.60. The summed E-state index contributed by atoms with van der Waals surface area (Å²) in [6, 6.07) is 18.4. The standard InChI is InChI=1S/C29H33N3O3S/c1-19-6-7-20(2)26(14-19)31-29(36)32(18-21-8-11-27(34-4)28(15-21)35-5)13-12-22-17-30-25-10-9-23(33-3)16-24(22)25/h6-11,14-17,30H,12-13,18H2,1-5H3,(H,31,36). The molecule has 0 aliphatic heterocycles. The fourth-order valence-electron chi connectivity index (χ4n) is 4.26. The van der Waals surface area contributed by atoms with Gasteiger partial charge in [0.15, 0.2) is 16.6 Å². The number of methoxy groups -OCH3 is 3. The number of rotatable bonds is 9. The van der Waals surface area contributed by atoms with Crippen LogP contribution < -0.4 is 19.5 Å². The number of aromatic amines is 1. The van der Waals surface area contributed by atoms with Gasteiger partial charge in [-0.2, -0.15) is 0 Å². The van der Waals surface area contributed by atoms with Crippen LogP contribution in [0.1, 0.15) is 22.3 Å². The van der Waals surface area contributed by atoms with Crippen molar-refractivity contribution in [1.29, 1.82) is 0 Å². The maximum Gasteiger partial charge on any atom is 0.173 e. The van der Waals surface area contributed by atoms with Gasteiger partial charge in [0.2, 0.25) is 0 Å². The highest BCUT2D eigenvalue weighted by Crippen LogP contribution is 2.29. The number of aromatic nitrogens is 1. The predicted octanol–water partition coefficient (Wildman–Crippen LogP) is 6.25. The molecule has 4 rings (SSSR count). The molecule has 6 nitrogen and oxygen atoms in total. The fraction of sp³-hybridized carbons (Fsp3) is 0.276. The first-order valence-corrected chi connectivity index (χ1v) is 12.3. The highest BCUT2D eigenvalue weighted by atomic mass is 32.1. The third-order valence-electron chi connectivity index (χ3n) is 6.37. The normalized spacial score (nSPS) is 10.8. The first kappa shape index (κ1) is 25.4. The molecule has 0 fully saturated rings. The van der Waals surface area contributed by atoms with Crippen molar-refractivity contribution in [3.63, 3.8) is 0 Å². The molecule has 1 aromatic heterocycles. The molecule has 0 aliphatic carbocycles. The van der Waals surface area contributed by atoms with Gasteiger partial charge in [0.05, 0.1) is 21.3 Å². The van der Waals surface area contributed by atoms with E-state index in [1.54, 1.807) is 21.3 Å². The van der Waals surface area contributed by atoms with Crippen LogP contribution in [-0.2, 0) is 13.0 Å². The van der Waals surface area contributed by atoms with Crippen molar-refractivity contribution in [3.05, 3.63) is 83.0 Å². The molecule has 0 radical (unpaired) electrons. The second-order valence-corrected chi connectivity index (χ2v) is 9.22. The van der Waals surface area contributed by atoms with Crippen molar-refractivity contribution in [2.24, 2.45) is 0 Å². The summed E-state index contributed by atoms with van der Waals surface area (Å²) >= 11 is 5.93. The Hall–Kier alpha value is -3.71. The summed E-state index contributed by atoms with van der Waals surface area (Å²) in [5, 5.41) is 5.32. The Kier molecular flexibility index (Phi) is 8.00. The molecule has 0 amide bonds. The molecule has 0 bridgehead atoms. The van der Waals surface area contributed by atoms with Crippen LogP contribution in [0.3, 0.4) is 0 Å². The van der Waals surface area contributed by atoms with Gasteiger partial charge in [0.25, 0.3) is 0 Å². The van der Waals surface area contributed by atoms with E-state index in [0.717, 1.165) is 46.4 Å². The second-order valence-electron chi connectivity index (χ2n) is 8.83. The quantitative estimate of drug-likeness (QED) is 0.263. The number of ether oxygens (including phenoxy) is 3. The molecule has 0 aliphatic rings. The molecule has 0 atom stereocenters. The number of anilines is 1. The fourth-order valence-corrected chi connectivity index (χ4v) is 4.53. The van der Waals surface area contributed by atoms with E-state index in [2.05, 4.69) is 59.5 Å². The number of hydrogen-bond donors (Lipinski definition) is 2. The summed E-state index contributed by atoms with van der Waals surface area (Å²) in [4.78, 5) is 5.56. The molecule has 36 heavy (non-hydrogen) atoms. The molecule has 0 unspecified atom stereocenters. The largest absolute Gasteiger partial charge is 0.497 e. The van der Waals surface area contributed by atoms with E-state index in [1.165, 1.54) is 11.1 Å². The van der Waals surface area contributed by atoms with Crippen LogP contribution in [0.25, 0.3) is 10.9 Å². The van der Waals surface area contributed by atoms with E-state index in [-0.39, 0.29) is 0 Å². The minimum absolute atomic E-state index is 0.628. The second kappa shape index (κ2) is 11.4. The lowest BCUT2D eigenvalue weighted by molar-refractivity contribution is 0.353. The van der Waals surface area contributed by atoms with E-state index in [1.807, 2.05) is 30.3 Å². The summed E-state index contributed by atoms with van der Waals surface area (Å²) < 4.78 is 16.4. The van der Waals surface area contributed by atoms with Gasteiger partial charge in [-0.05, 0) is 91.1 Å². The van der Waals surface area contributed by atoms with E-state index >= 15 is 0 Å². The van der Waals surface area contributed by atoms with Crippen molar-refractivity contribution in [2.75, 3.05) is 33.2 Å². The van der Waals surface area contributed by atoms with Gasteiger partial charge < -0.3 is 29.4 Å². The van der Waals surface area contributed by atoms with Crippen molar-refractivity contribution in [3.8, 4) is 17.2 Å². The van der Waals surface area contributed by atoms with Crippen LogP contribution in [0, 0.1) is 13.8 Å². The zero-order valence-electron chi connectivity index (χ0n) is 21.5. The lowest BCUT2D eigenvalue weighted by atomic mass is 10.1. The van der Waals surface area contributed by atoms with Gasteiger partial charge in [0.1, 0.15) is 5.75 Å². The molecule has 4 aromatic rings. The molecule has 3 aromatic carbocycles. The number of H-pyrrole nitrogens is 1. The number of benzene rings is 3. The van der Waals surface area contributed by atoms with Crippen molar-refractivity contribution >= 4 is 33.9 Å². The molecule has 7 heteroatoms. The third kappa shape index (κ3) is 5.74. The molecule has 188 valence electrons. The van der Waals surface area contributed by atoms with Gasteiger partial charge >= 0.3 is 0 Å². The highest BCUT2D eigenvalue weighted by Gasteiger charge is 2.15. The first-order valence-electron chi connectivity index (χ1n) is 11.9. The number of fused-ring (bicyclic) bond motifs is 1. The summed E-state index contributed by atoms with van der Waals surface area (Å²) in [7, 11) is 4.98. The zero-order chi connectivity index (χ0) is 25.7. The Morgan fingerprint density at radius 3 is 2.47 bits per heavy atom. The van der Waals surface area contributed by atoms with Crippen LogP contribution in [0.2, 0.25) is 0 Å². The Morgan fingerprint density at radius 1 is 0.917 bits per heavy atom. The lowest BCUT2D eigenvalue weighted by Gasteiger charge is -2.27. The summed E-state index contributed by atoms with van der Waals surface area (Å²) in [6.45, 7) is 5.53. The zero-order valence-corrected chi connectivity index (χ0v) is 22.3. The van der Waals surface area contributed by atoms with E-state index in [4.69, 9.17) is 26.4 Å². The van der Waals surface area contributed by atoms with E-state index < -0.39 is 0 Å². The lowest BCUT2D eigenvalue weighted by Crippen LogP contribution is -2.36. The Bertz CT molecular complexity index is 1370. The molecule has 0 saturated heterocycles. The smallest absolute Gasteiger partial charge is 0.173 e. The van der Waals surface area contributed by atoms with Crippen LogP contribution in [-0.4, -0.2) is 42.9 Å². The highest BCUT2D eigenvalue weighted by molar-refractivity contribution is 7.80. The van der Waals surface area contributed by atoms with Crippen LogP contribution in [0.5, 0.6) is 17.2 Å². The van der Waals surface area contributed by atoms with Crippen LogP contribution >= 0.6 is 12.2 Å². The topological polar surface area (TPSA) is 58.8 Å². The van der Waals surface area contributed by atoms with Crippen molar-refractivity contribution in [1.82, 2.24) is 9.88 Å². The van der Waals surface area contributed by atoms with Gasteiger partial charge in [-0.3, -0.25) is 0 Å². The molecule has 1 heterocycles. The SMILES string of the molecule is COc1ccc2[nH]cc(CCN(Cc3ccc(OC)c(OC)c3)C(=S)Nc3cc(C)ccc3C)c2c1. The average Bonchev–Trinajstić information content (AvgIpc) is 3.30. The summed E-state index contributed by atoms with van der Waals surface area (Å²) in [5.41, 5.74) is 6.75. The van der Waals surface area contributed by atoms with Crippen molar-refractivity contribution in [2.45, 2.75) is 26.8 Å². The minimum Gasteiger partial charge on any atom is -0.497 e. The molecule has 2 N–H and O–H groups in total. The first-order chi connectivity index (χ1) is 17.4.